The van der Waals surface area contributed by atoms with Crippen molar-refractivity contribution in [2.75, 3.05) is 14.2 Å². The molecule has 0 aliphatic rings. The maximum atomic E-state index is 11.0. The lowest BCUT2D eigenvalue weighted by atomic mass is 10.2. The van der Waals surface area contributed by atoms with Crippen molar-refractivity contribution in [3.8, 4) is 5.75 Å². The fourth-order valence-electron chi connectivity index (χ4n) is 1.95. The summed E-state index contributed by atoms with van der Waals surface area (Å²) in [7, 11) is 3.27. The highest BCUT2D eigenvalue weighted by molar-refractivity contribution is 5.82. The monoisotopic (exact) mass is 248 g/mol. The molecule has 0 spiro atoms. The Balaban J connectivity index is 2.32. The van der Waals surface area contributed by atoms with Crippen LogP contribution in [0.2, 0.25) is 0 Å². The Morgan fingerprint density at radius 3 is 2.89 bits per heavy atom. The Hall–Kier alpha value is -2.01. The number of ether oxygens (including phenoxy) is 1. The summed E-state index contributed by atoms with van der Waals surface area (Å²) in [5, 5.41) is 12.8. The number of nitrogens with zero attached hydrogens (tertiary/aromatic N) is 1. The number of rotatable bonds is 5. The third-order valence-corrected chi connectivity index (χ3v) is 3.00. The largest absolute Gasteiger partial charge is 0.497 e. The van der Waals surface area contributed by atoms with E-state index in [1.54, 1.807) is 14.2 Å². The lowest BCUT2D eigenvalue weighted by Crippen LogP contribution is -2.37. The molecule has 0 radical (unpaired) electrons. The van der Waals surface area contributed by atoms with E-state index in [1.165, 1.54) is 0 Å². The lowest BCUT2D eigenvalue weighted by Gasteiger charge is -2.13. The second kappa shape index (κ2) is 5.10. The highest BCUT2D eigenvalue weighted by Crippen LogP contribution is 2.21. The zero-order valence-electron chi connectivity index (χ0n) is 10.4. The second-order valence-electron chi connectivity index (χ2n) is 4.07. The quantitative estimate of drug-likeness (QED) is 0.837. The summed E-state index contributed by atoms with van der Waals surface area (Å²) in [5.74, 6) is -0.0588. The number of fused-ring (bicyclic) bond motifs is 1. The van der Waals surface area contributed by atoms with Crippen LogP contribution in [0.5, 0.6) is 5.75 Å². The predicted molar refractivity (Wildman–Crippen MR) is 69.0 cm³/mol. The number of aromatic nitrogens is 1. The Morgan fingerprint density at radius 1 is 1.50 bits per heavy atom. The van der Waals surface area contributed by atoms with E-state index in [-0.39, 0.29) is 0 Å². The maximum absolute atomic E-state index is 11.0. The van der Waals surface area contributed by atoms with Gasteiger partial charge in [0.1, 0.15) is 11.8 Å². The van der Waals surface area contributed by atoms with Gasteiger partial charge in [0.05, 0.1) is 7.11 Å². The molecule has 1 aromatic carbocycles. The number of benzene rings is 1. The highest BCUT2D eigenvalue weighted by Gasteiger charge is 2.16. The van der Waals surface area contributed by atoms with E-state index in [0.717, 1.165) is 16.7 Å². The number of carbonyl (C=O) groups is 1. The van der Waals surface area contributed by atoms with Crippen LogP contribution in [-0.4, -0.2) is 35.8 Å². The summed E-state index contributed by atoms with van der Waals surface area (Å²) in [5.41, 5.74) is 0.998. The summed E-state index contributed by atoms with van der Waals surface area (Å²) >= 11 is 0. The SMILES string of the molecule is CN[C@@H](Cn1ccc2cc(OC)ccc21)C(=O)O. The normalized spacial score (nSPS) is 12.6. The van der Waals surface area contributed by atoms with E-state index >= 15 is 0 Å². The van der Waals surface area contributed by atoms with E-state index < -0.39 is 12.0 Å². The number of likely N-dealkylation sites (N-methyl/N-ethyl adjacent to an activating group) is 1. The molecule has 0 aliphatic carbocycles. The Kier molecular flexibility index (Phi) is 3.53. The zero-order chi connectivity index (χ0) is 13.1. The molecule has 5 heteroatoms. The van der Waals surface area contributed by atoms with Crippen molar-refractivity contribution in [2.45, 2.75) is 12.6 Å². The van der Waals surface area contributed by atoms with Gasteiger partial charge in [0, 0.05) is 23.6 Å². The molecule has 2 rings (SSSR count). The first-order valence-corrected chi connectivity index (χ1v) is 5.68. The van der Waals surface area contributed by atoms with Crippen molar-refractivity contribution in [2.24, 2.45) is 0 Å². The first-order valence-electron chi connectivity index (χ1n) is 5.68. The van der Waals surface area contributed by atoms with Crippen molar-refractivity contribution < 1.29 is 14.6 Å². The number of carboxylic acid groups (broad SMARTS) is 1. The Morgan fingerprint density at radius 2 is 2.28 bits per heavy atom. The minimum atomic E-state index is -0.854. The van der Waals surface area contributed by atoms with E-state index in [1.807, 2.05) is 35.0 Å². The molecule has 96 valence electrons. The minimum Gasteiger partial charge on any atom is -0.497 e. The van der Waals surface area contributed by atoms with Crippen LogP contribution in [0.25, 0.3) is 10.9 Å². The van der Waals surface area contributed by atoms with Gasteiger partial charge in [-0.15, -0.1) is 0 Å². The molecule has 0 unspecified atom stereocenters. The predicted octanol–water partition coefficient (Wildman–Crippen LogP) is 1.32. The topological polar surface area (TPSA) is 63.5 Å². The molecular formula is C13H16N2O3. The minimum absolute atomic E-state index is 0.391. The molecule has 0 bridgehead atoms. The van der Waals surface area contributed by atoms with Gasteiger partial charge in [-0.05, 0) is 31.3 Å². The van der Waals surface area contributed by atoms with Crippen LogP contribution in [0.4, 0.5) is 0 Å². The highest BCUT2D eigenvalue weighted by atomic mass is 16.5. The summed E-state index contributed by atoms with van der Waals surface area (Å²) in [6.45, 7) is 0.391. The molecule has 1 aromatic heterocycles. The number of aliphatic carboxylic acids is 1. The van der Waals surface area contributed by atoms with E-state index in [4.69, 9.17) is 9.84 Å². The van der Waals surface area contributed by atoms with Gasteiger partial charge in [-0.3, -0.25) is 4.79 Å². The molecule has 2 N–H and O–H groups in total. The van der Waals surface area contributed by atoms with Crippen molar-refractivity contribution >= 4 is 16.9 Å². The van der Waals surface area contributed by atoms with Gasteiger partial charge in [-0.25, -0.2) is 0 Å². The van der Waals surface area contributed by atoms with E-state index in [2.05, 4.69) is 5.32 Å². The van der Waals surface area contributed by atoms with E-state index in [0.29, 0.717) is 6.54 Å². The van der Waals surface area contributed by atoms with Gasteiger partial charge in [-0.2, -0.15) is 0 Å². The number of nitrogens with one attached hydrogen (secondary N) is 1. The number of hydrogen-bond donors (Lipinski definition) is 2. The average molecular weight is 248 g/mol. The molecule has 1 heterocycles. The van der Waals surface area contributed by atoms with Gasteiger partial charge >= 0.3 is 5.97 Å². The number of methoxy groups -OCH3 is 1. The summed E-state index contributed by atoms with van der Waals surface area (Å²) in [6, 6.07) is 7.09. The molecule has 2 aromatic rings. The number of hydrogen-bond acceptors (Lipinski definition) is 3. The molecule has 0 saturated heterocycles. The maximum Gasteiger partial charge on any atom is 0.322 e. The molecular weight excluding hydrogens is 232 g/mol. The van der Waals surface area contributed by atoms with Gasteiger partial charge in [-0.1, -0.05) is 0 Å². The third kappa shape index (κ3) is 2.31. The van der Waals surface area contributed by atoms with Crippen molar-refractivity contribution in [3.05, 3.63) is 30.5 Å². The number of carboxylic acids is 1. The Labute approximate surface area is 105 Å². The fraction of sp³-hybridized carbons (Fsp3) is 0.308. The van der Waals surface area contributed by atoms with Crippen LogP contribution < -0.4 is 10.1 Å². The molecule has 5 nitrogen and oxygen atoms in total. The Bertz CT molecular complexity index is 562. The van der Waals surface area contributed by atoms with E-state index in [9.17, 15) is 4.79 Å². The van der Waals surface area contributed by atoms with Gasteiger partial charge in [0.2, 0.25) is 0 Å². The smallest absolute Gasteiger partial charge is 0.322 e. The standard InChI is InChI=1S/C13H16N2O3/c1-14-11(13(16)17)8-15-6-5-9-7-10(18-2)3-4-12(9)15/h3-7,11,14H,8H2,1-2H3,(H,16,17)/t11-/m0/s1. The molecule has 18 heavy (non-hydrogen) atoms. The average Bonchev–Trinajstić information content (AvgIpc) is 2.77. The van der Waals surface area contributed by atoms with Crippen LogP contribution in [0.1, 0.15) is 0 Å². The van der Waals surface area contributed by atoms with Crippen LogP contribution >= 0.6 is 0 Å². The van der Waals surface area contributed by atoms with Crippen molar-refractivity contribution in [1.29, 1.82) is 0 Å². The molecule has 0 saturated carbocycles. The molecule has 0 fully saturated rings. The third-order valence-electron chi connectivity index (χ3n) is 3.00. The fourth-order valence-corrected chi connectivity index (χ4v) is 1.95. The molecule has 1 atom stereocenters. The molecule has 0 amide bonds. The zero-order valence-corrected chi connectivity index (χ0v) is 10.4. The first-order chi connectivity index (χ1) is 8.65. The van der Waals surface area contributed by atoms with Crippen molar-refractivity contribution in [1.82, 2.24) is 9.88 Å². The first kappa shape index (κ1) is 12.4. The van der Waals surface area contributed by atoms with Crippen LogP contribution in [0.3, 0.4) is 0 Å². The van der Waals surface area contributed by atoms with Gasteiger partial charge in [0.15, 0.2) is 0 Å². The lowest BCUT2D eigenvalue weighted by molar-refractivity contribution is -0.139. The van der Waals surface area contributed by atoms with Crippen LogP contribution in [0, 0.1) is 0 Å². The van der Waals surface area contributed by atoms with Crippen LogP contribution in [0.15, 0.2) is 30.5 Å². The summed E-state index contributed by atoms with van der Waals surface area (Å²) in [4.78, 5) is 11.0. The molecule has 0 aliphatic heterocycles. The second-order valence-corrected chi connectivity index (χ2v) is 4.07. The summed E-state index contributed by atoms with van der Waals surface area (Å²) < 4.78 is 7.08. The summed E-state index contributed by atoms with van der Waals surface area (Å²) in [6.07, 6.45) is 1.89. The van der Waals surface area contributed by atoms with Crippen molar-refractivity contribution in [3.63, 3.8) is 0 Å². The van der Waals surface area contributed by atoms with Crippen LogP contribution in [-0.2, 0) is 11.3 Å². The van der Waals surface area contributed by atoms with Gasteiger partial charge < -0.3 is 19.7 Å². The van der Waals surface area contributed by atoms with Gasteiger partial charge in [0.25, 0.3) is 0 Å².